The number of thiazole rings is 1. The lowest BCUT2D eigenvalue weighted by Crippen LogP contribution is -2.14. The van der Waals surface area contributed by atoms with E-state index in [2.05, 4.69) is 20.5 Å². The van der Waals surface area contributed by atoms with Crippen LogP contribution in [-0.4, -0.2) is 41.5 Å². The van der Waals surface area contributed by atoms with Crippen molar-refractivity contribution in [2.24, 2.45) is 0 Å². The van der Waals surface area contributed by atoms with Gasteiger partial charge in [-0.2, -0.15) is 10.2 Å². The zero-order valence-corrected chi connectivity index (χ0v) is 13.5. The third-order valence-corrected chi connectivity index (χ3v) is 3.91. The Morgan fingerprint density at radius 3 is 2.92 bits per heavy atom. The molecule has 3 aromatic heterocycles. The molecule has 0 spiro atoms. The lowest BCUT2D eigenvalue weighted by Gasteiger charge is -1.98. The van der Waals surface area contributed by atoms with Crippen LogP contribution in [0, 0.1) is 0 Å². The Morgan fingerprint density at radius 2 is 2.21 bits per heavy atom. The van der Waals surface area contributed by atoms with Crippen molar-refractivity contribution in [3.05, 3.63) is 35.7 Å². The van der Waals surface area contributed by atoms with Gasteiger partial charge in [0.2, 0.25) is 0 Å². The Morgan fingerprint density at radius 1 is 1.38 bits per heavy atom. The highest BCUT2D eigenvalue weighted by Crippen LogP contribution is 2.24. The predicted molar refractivity (Wildman–Crippen MR) is 86.8 cm³/mol. The molecule has 0 saturated carbocycles. The Bertz CT molecular complexity index is 881. The summed E-state index contributed by atoms with van der Waals surface area (Å²) in [6.07, 6.45) is 5.04. The number of nitrogens with zero attached hydrogens (tertiary/aromatic N) is 5. The van der Waals surface area contributed by atoms with Crippen LogP contribution in [0.3, 0.4) is 0 Å². The second kappa shape index (κ2) is 6.62. The van der Waals surface area contributed by atoms with Crippen molar-refractivity contribution in [1.29, 1.82) is 0 Å². The number of anilines is 1. The number of aliphatic carboxylic acids is 1. The van der Waals surface area contributed by atoms with Gasteiger partial charge in [-0.3, -0.25) is 24.3 Å². The molecule has 124 valence electrons. The average Bonchev–Trinajstić information content (AvgIpc) is 3.26. The van der Waals surface area contributed by atoms with Gasteiger partial charge in [-0.15, -0.1) is 11.3 Å². The van der Waals surface area contributed by atoms with Gasteiger partial charge in [-0.1, -0.05) is 0 Å². The zero-order valence-electron chi connectivity index (χ0n) is 12.7. The first kappa shape index (κ1) is 15.9. The minimum absolute atomic E-state index is 0.131. The van der Waals surface area contributed by atoms with Crippen molar-refractivity contribution < 1.29 is 14.7 Å². The normalized spacial score (nSPS) is 10.7. The van der Waals surface area contributed by atoms with Gasteiger partial charge in [0.25, 0.3) is 5.91 Å². The molecule has 0 aromatic carbocycles. The van der Waals surface area contributed by atoms with E-state index in [1.165, 1.54) is 28.3 Å². The maximum Gasteiger partial charge on any atom is 0.325 e. The first-order valence-corrected chi connectivity index (χ1v) is 7.98. The minimum atomic E-state index is -1.03. The molecule has 3 aromatic rings. The molecule has 0 fully saturated rings. The highest BCUT2D eigenvalue weighted by Gasteiger charge is 2.14. The number of carbonyl (C=O) groups is 2. The molecule has 3 rings (SSSR count). The maximum absolute atomic E-state index is 12.1. The second-order valence-electron chi connectivity index (χ2n) is 4.87. The lowest BCUT2D eigenvalue weighted by atomic mass is 10.3. The topological polar surface area (TPSA) is 115 Å². The summed E-state index contributed by atoms with van der Waals surface area (Å²) >= 11 is 1.29. The van der Waals surface area contributed by atoms with E-state index >= 15 is 0 Å². The van der Waals surface area contributed by atoms with Gasteiger partial charge in [-0.25, -0.2) is 4.98 Å². The number of hydrogen-bond donors (Lipinski definition) is 2. The van der Waals surface area contributed by atoms with Crippen LogP contribution >= 0.6 is 11.3 Å². The number of aryl methyl sites for hydroxylation is 1. The third kappa shape index (κ3) is 3.49. The molecule has 0 radical (unpaired) electrons. The van der Waals surface area contributed by atoms with Crippen LogP contribution < -0.4 is 5.32 Å². The van der Waals surface area contributed by atoms with E-state index in [1.807, 2.05) is 18.5 Å². The molecule has 24 heavy (non-hydrogen) atoms. The number of rotatable bonds is 6. The quantitative estimate of drug-likeness (QED) is 0.700. The van der Waals surface area contributed by atoms with Crippen molar-refractivity contribution in [3.8, 4) is 11.3 Å². The van der Waals surface area contributed by atoms with Crippen LogP contribution in [0.1, 0.15) is 17.4 Å². The molecule has 0 saturated heterocycles. The van der Waals surface area contributed by atoms with Crippen molar-refractivity contribution in [2.45, 2.75) is 20.0 Å². The molecule has 0 bridgehead atoms. The smallest absolute Gasteiger partial charge is 0.325 e. The highest BCUT2D eigenvalue weighted by molar-refractivity contribution is 7.14. The molecule has 2 N–H and O–H groups in total. The van der Waals surface area contributed by atoms with Gasteiger partial charge >= 0.3 is 5.97 Å². The molecule has 0 aliphatic heterocycles. The van der Waals surface area contributed by atoms with E-state index in [4.69, 9.17) is 5.11 Å². The molecular formula is C14H14N6O3S. The van der Waals surface area contributed by atoms with E-state index in [-0.39, 0.29) is 12.2 Å². The Kier molecular flexibility index (Phi) is 4.38. The van der Waals surface area contributed by atoms with Crippen molar-refractivity contribution in [2.75, 3.05) is 5.32 Å². The van der Waals surface area contributed by atoms with Crippen molar-refractivity contribution in [3.63, 3.8) is 0 Å². The van der Waals surface area contributed by atoms with Crippen LogP contribution in [-0.2, 0) is 17.9 Å². The fourth-order valence-electron chi connectivity index (χ4n) is 2.00. The van der Waals surface area contributed by atoms with Crippen LogP contribution in [0.5, 0.6) is 0 Å². The van der Waals surface area contributed by atoms with E-state index in [0.29, 0.717) is 5.13 Å². The van der Waals surface area contributed by atoms with E-state index in [0.717, 1.165) is 17.8 Å². The van der Waals surface area contributed by atoms with Crippen LogP contribution in [0.4, 0.5) is 5.13 Å². The monoisotopic (exact) mass is 346 g/mol. The number of carboxylic acid groups (broad SMARTS) is 1. The molecule has 1 amide bonds. The number of nitrogens with one attached hydrogen (secondary N) is 1. The lowest BCUT2D eigenvalue weighted by molar-refractivity contribution is -0.137. The Hall–Kier alpha value is -3.01. The number of hydrogen-bond acceptors (Lipinski definition) is 6. The molecule has 3 heterocycles. The number of aromatic nitrogens is 5. The van der Waals surface area contributed by atoms with Crippen molar-refractivity contribution >= 4 is 28.3 Å². The molecule has 0 aliphatic carbocycles. The van der Waals surface area contributed by atoms with Gasteiger partial charge in [0.15, 0.2) is 10.8 Å². The summed E-state index contributed by atoms with van der Waals surface area (Å²) in [4.78, 5) is 27.1. The van der Waals surface area contributed by atoms with E-state index in [9.17, 15) is 9.59 Å². The fraction of sp³-hybridized carbons (Fsp3) is 0.214. The summed E-state index contributed by atoms with van der Waals surface area (Å²) in [7, 11) is 0. The molecule has 10 heteroatoms. The summed E-state index contributed by atoms with van der Waals surface area (Å²) in [6, 6.07) is 1.46. The maximum atomic E-state index is 12.1. The first-order valence-electron chi connectivity index (χ1n) is 7.10. The van der Waals surface area contributed by atoms with Gasteiger partial charge in [0.1, 0.15) is 6.54 Å². The molecule has 9 nitrogen and oxygen atoms in total. The average molecular weight is 346 g/mol. The summed E-state index contributed by atoms with van der Waals surface area (Å²) in [6.45, 7) is 2.47. The summed E-state index contributed by atoms with van der Waals surface area (Å²) in [5, 5.41) is 21.7. The summed E-state index contributed by atoms with van der Waals surface area (Å²) in [5.41, 5.74) is 1.73. The summed E-state index contributed by atoms with van der Waals surface area (Å²) in [5.74, 6) is -1.47. The second-order valence-corrected chi connectivity index (χ2v) is 5.73. The Labute approximate surface area is 140 Å². The molecule has 0 aliphatic rings. The van der Waals surface area contributed by atoms with E-state index < -0.39 is 11.9 Å². The first-order chi connectivity index (χ1) is 11.5. The van der Waals surface area contributed by atoms with Gasteiger partial charge < -0.3 is 5.11 Å². The molecule has 0 unspecified atom stereocenters. The SMILES string of the molecule is CCn1cc(-c2csc(NC(=O)c3ccn(CC(=O)O)n3)n2)cn1. The largest absolute Gasteiger partial charge is 0.480 e. The minimum Gasteiger partial charge on any atom is -0.480 e. The number of carboxylic acids is 1. The fourth-order valence-corrected chi connectivity index (χ4v) is 2.72. The number of carbonyl (C=O) groups excluding carboxylic acids is 1. The predicted octanol–water partition coefficient (Wildman–Crippen LogP) is 1.56. The highest BCUT2D eigenvalue weighted by atomic mass is 32.1. The molecule has 0 atom stereocenters. The van der Waals surface area contributed by atoms with Crippen molar-refractivity contribution in [1.82, 2.24) is 24.5 Å². The standard InChI is InChI=1S/C14H14N6O3S/c1-2-19-6-9(5-15-19)11-8-24-14(16-11)17-13(23)10-3-4-20(18-10)7-12(21)22/h3-6,8H,2,7H2,1H3,(H,21,22)(H,16,17,23). The van der Waals surface area contributed by atoms with E-state index in [1.54, 1.807) is 10.9 Å². The van der Waals surface area contributed by atoms with Gasteiger partial charge in [0, 0.05) is 29.9 Å². The van der Waals surface area contributed by atoms with Crippen LogP contribution in [0.25, 0.3) is 11.3 Å². The Balaban J connectivity index is 1.68. The van der Waals surface area contributed by atoms with Gasteiger partial charge in [0.05, 0.1) is 11.9 Å². The number of amides is 1. The van der Waals surface area contributed by atoms with Gasteiger partial charge in [-0.05, 0) is 13.0 Å². The summed E-state index contributed by atoms with van der Waals surface area (Å²) < 4.78 is 2.98. The zero-order chi connectivity index (χ0) is 17.1. The van der Waals surface area contributed by atoms with Crippen LogP contribution in [0.15, 0.2) is 30.0 Å². The third-order valence-electron chi connectivity index (χ3n) is 3.15. The van der Waals surface area contributed by atoms with Crippen LogP contribution in [0.2, 0.25) is 0 Å². The molecular weight excluding hydrogens is 332 g/mol.